The Bertz CT molecular complexity index is 1260. The first kappa shape index (κ1) is 21.8. The van der Waals surface area contributed by atoms with Crippen molar-refractivity contribution in [1.29, 1.82) is 0 Å². The third kappa shape index (κ3) is 5.23. The van der Waals surface area contributed by atoms with Crippen molar-refractivity contribution < 1.29 is 18.9 Å². The second-order valence-corrected chi connectivity index (χ2v) is 8.24. The molecule has 3 heterocycles. The molecule has 1 N–H and O–H groups in total. The van der Waals surface area contributed by atoms with Crippen LogP contribution in [0.25, 0.3) is 0 Å². The summed E-state index contributed by atoms with van der Waals surface area (Å²) in [5.41, 5.74) is 0.471. The van der Waals surface area contributed by atoms with E-state index in [9.17, 15) is 14.9 Å². The maximum Gasteiger partial charge on any atom is 0.404 e. The first-order chi connectivity index (χ1) is 15.4. The van der Waals surface area contributed by atoms with Crippen LogP contribution in [-0.2, 0) is 13.3 Å². The average Bonchev–Trinajstić information content (AvgIpc) is 3.48. The summed E-state index contributed by atoms with van der Waals surface area (Å²) in [6.07, 6.45) is 4.58. The number of anilines is 1. The number of aromatic nitrogens is 4. The van der Waals surface area contributed by atoms with Gasteiger partial charge in [0.2, 0.25) is 0 Å². The summed E-state index contributed by atoms with van der Waals surface area (Å²) in [4.78, 5) is 22.7. The molecule has 4 rings (SSSR count). The Kier molecular flexibility index (Phi) is 6.37. The van der Waals surface area contributed by atoms with E-state index in [-0.39, 0.29) is 29.3 Å². The molecule has 3 aromatic heterocycles. The number of hydrogen-bond acceptors (Lipinski definition) is 7. The van der Waals surface area contributed by atoms with Crippen molar-refractivity contribution in [2.75, 3.05) is 5.32 Å². The van der Waals surface area contributed by atoms with Crippen LogP contribution in [-0.4, -0.2) is 30.4 Å². The summed E-state index contributed by atoms with van der Waals surface area (Å²) in [6, 6.07) is 10.5. The minimum absolute atomic E-state index is 0.0829. The van der Waals surface area contributed by atoms with Crippen molar-refractivity contribution >= 4 is 49.3 Å². The summed E-state index contributed by atoms with van der Waals surface area (Å²) in [7, 11) is 0. The van der Waals surface area contributed by atoms with Crippen molar-refractivity contribution in [3.8, 4) is 5.75 Å². The standard InChI is InChI=1S/C19H14Br2N6O5/c20-12-1-3-14(4-2-12)31-11-26-8-13(7-22-26)23-19(28)17-6-5-15(32-17)9-25-10-16(21)18(24-25)27(29)30/h1-8,10H,9,11H2,(H,23,28). The van der Waals surface area contributed by atoms with Gasteiger partial charge in [-0.2, -0.15) is 9.78 Å². The molecule has 0 aliphatic carbocycles. The first-order valence-electron chi connectivity index (χ1n) is 9.05. The maximum absolute atomic E-state index is 12.5. The van der Waals surface area contributed by atoms with E-state index in [1.807, 2.05) is 24.3 Å². The fraction of sp³-hybridized carbons (Fsp3) is 0.105. The van der Waals surface area contributed by atoms with E-state index >= 15 is 0 Å². The van der Waals surface area contributed by atoms with Crippen molar-refractivity contribution in [2.24, 2.45) is 0 Å². The molecule has 0 fully saturated rings. The minimum Gasteiger partial charge on any atom is -0.471 e. The molecule has 0 saturated heterocycles. The normalized spacial score (nSPS) is 10.8. The average molecular weight is 566 g/mol. The lowest BCUT2D eigenvalue weighted by atomic mass is 10.3. The summed E-state index contributed by atoms with van der Waals surface area (Å²) >= 11 is 6.45. The zero-order valence-electron chi connectivity index (χ0n) is 16.1. The Morgan fingerprint density at radius 1 is 1.16 bits per heavy atom. The highest BCUT2D eigenvalue weighted by Crippen LogP contribution is 2.23. The van der Waals surface area contributed by atoms with Crippen molar-refractivity contribution in [3.05, 3.63) is 85.6 Å². The molecule has 32 heavy (non-hydrogen) atoms. The number of ether oxygens (including phenoxy) is 1. The number of furan rings is 1. The molecule has 164 valence electrons. The van der Waals surface area contributed by atoms with E-state index in [0.29, 0.717) is 17.2 Å². The Balaban J connectivity index is 1.33. The van der Waals surface area contributed by atoms with Crippen LogP contribution in [0.15, 0.2) is 68.4 Å². The molecular formula is C19H14Br2N6O5. The Morgan fingerprint density at radius 3 is 2.66 bits per heavy atom. The van der Waals surface area contributed by atoms with Gasteiger partial charge in [0.25, 0.3) is 5.91 Å². The molecule has 0 aliphatic heterocycles. The van der Waals surface area contributed by atoms with Crippen molar-refractivity contribution in [3.63, 3.8) is 0 Å². The summed E-state index contributed by atoms with van der Waals surface area (Å²) in [5, 5.41) is 21.6. The zero-order valence-corrected chi connectivity index (χ0v) is 19.3. The van der Waals surface area contributed by atoms with Crippen LogP contribution in [0.5, 0.6) is 5.75 Å². The number of halogens is 2. The summed E-state index contributed by atoms with van der Waals surface area (Å²) in [5.74, 6) is 0.429. The first-order valence-corrected chi connectivity index (χ1v) is 10.6. The summed E-state index contributed by atoms with van der Waals surface area (Å²) in [6.45, 7) is 0.305. The van der Waals surface area contributed by atoms with Crippen molar-refractivity contribution in [1.82, 2.24) is 19.6 Å². The van der Waals surface area contributed by atoms with Gasteiger partial charge in [0.1, 0.15) is 22.5 Å². The van der Waals surface area contributed by atoms with E-state index in [4.69, 9.17) is 9.15 Å². The van der Waals surface area contributed by atoms with E-state index < -0.39 is 10.8 Å². The fourth-order valence-corrected chi connectivity index (χ4v) is 3.42. The second-order valence-electron chi connectivity index (χ2n) is 6.47. The predicted octanol–water partition coefficient (Wildman–Crippen LogP) is 4.44. The Morgan fingerprint density at radius 2 is 1.94 bits per heavy atom. The van der Waals surface area contributed by atoms with Gasteiger partial charge in [0.15, 0.2) is 12.5 Å². The lowest BCUT2D eigenvalue weighted by Crippen LogP contribution is -2.10. The molecule has 0 radical (unpaired) electrons. The van der Waals surface area contributed by atoms with Gasteiger partial charge < -0.3 is 24.6 Å². The Labute approximate surface area is 197 Å². The molecule has 13 heteroatoms. The molecule has 1 amide bonds. The lowest BCUT2D eigenvalue weighted by molar-refractivity contribution is -0.390. The fourth-order valence-electron chi connectivity index (χ4n) is 2.70. The van der Waals surface area contributed by atoms with Gasteiger partial charge >= 0.3 is 5.82 Å². The second kappa shape index (κ2) is 9.36. The van der Waals surface area contributed by atoms with Gasteiger partial charge in [-0.25, -0.2) is 4.68 Å². The number of hydrogen-bond donors (Lipinski definition) is 1. The third-order valence-electron chi connectivity index (χ3n) is 4.14. The number of carbonyl (C=O) groups excluding carboxylic acids is 1. The van der Waals surface area contributed by atoms with Gasteiger partial charge in [-0.05, 0) is 57.3 Å². The monoisotopic (exact) mass is 564 g/mol. The highest BCUT2D eigenvalue weighted by molar-refractivity contribution is 9.10. The minimum atomic E-state index is -0.592. The molecule has 0 spiro atoms. The van der Waals surface area contributed by atoms with E-state index in [1.54, 1.807) is 12.3 Å². The van der Waals surface area contributed by atoms with Gasteiger partial charge in [0.05, 0.1) is 29.4 Å². The molecule has 11 nitrogen and oxygen atoms in total. The van der Waals surface area contributed by atoms with Crippen LogP contribution < -0.4 is 10.1 Å². The molecular weight excluding hydrogens is 552 g/mol. The number of nitrogens with one attached hydrogen (secondary N) is 1. The Hall–Kier alpha value is -3.45. The van der Waals surface area contributed by atoms with Gasteiger partial charge in [-0.1, -0.05) is 15.9 Å². The van der Waals surface area contributed by atoms with Crippen LogP contribution in [0.3, 0.4) is 0 Å². The zero-order chi connectivity index (χ0) is 22.7. The molecule has 0 aliphatic rings. The smallest absolute Gasteiger partial charge is 0.404 e. The third-order valence-corrected chi connectivity index (χ3v) is 5.23. The number of amides is 1. The van der Waals surface area contributed by atoms with Gasteiger partial charge in [-0.15, -0.1) is 0 Å². The molecule has 4 aromatic rings. The van der Waals surface area contributed by atoms with E-state index in [1.165, 1.54) is 27.8 Å². The highest BCUT2D eigenvalue weighted by atomic mass is 79.9. The number of rotatable bonds is 8. The van der Waals surface area contributed by atoms with Crippen LogP contribution in [0.1, 0.15) is 16.3 Å². The quantitative estimate of drug-likeness (QED) is 0.247. The lowest BCUT2D eigenvalue weighted by Gasteiger charge is -2.05. The van der Waals surface area contributed by atoms with Crippen LogP contribution in [0.4, 0.5) is 11.5 Å². The molecule has 0 saturated carbocycles. The largest absolute Gasteiger partial charge is 0.471 e. The molecule has 0 atom stereocenters. The van der Waals surface area contributed by atoms with Gasteiger partial charge in [0, 0.05) is 4.47 Å². The maximum atomic E-state index is 12.5. The number of carbonyl (C=O) groups is 1. The number of nitro groups is 1. The van der Waals surface area contributed by atoms with E-state index in [2.05, 4.69) is 47.4 Å². The SMILES string of the molecule is O=C(Nc1cnn(COc2ccc(Br)cc2)c1)c1ccc(Cn2cc(Br)c([N+](=O)[O-])n2)o1. The topological polar surface area (TPSA) is 130 Å². The van der Waals surface area contributed by atoms with Crippen LogP contribution in [0, 0.1) is 10.1 Å². The van der Waals surface area contributed by atoms with Gasteiger partial charge in [-0.3, -0.25) is 4.79 Å². The predicted molar refractivity (Wildman–Crippen MR) is 119 cm³/mol. The highest BCUT2D eigenvalue weighted by Gasteiger charge is 2.20. The van der Waals surface area contributed by atoms with Crippen LogP contribution >= 0.6 is 31.9 Å². The summed E-state index contributed by atoms with van der Waals surface area (Å²) < 4.78 is 15.3. The molecule has 0 bridgehead atoms. The van der Waals surface area contributed by atoms with Crippen LogP contribution in [0.2, 0.25) is 0 Å². The molecule has 0 unspecified atom stereocenters. The number of benzene rings is 1. The number of nitrogens with zero attached hydrogens (tertiary/aromatic N) is 5. The van der Waals surface area contributed by atoms with Crippen molar-refractivity contribution in [2.45, 2.75) is 13.3 Å². The molecule has 1 aromatic carbocycles. The van der Waals surface area contributed by atoms with E-state index in [0.717, 1.165) is 4.47 Å².